The van der Waals surface area contributed by atoms with Gasteiger partial charge >= 0.3 is 0 Å². The summed E-state index contributed by atoms with van der Waals surface area (Å²) in [6.45, 7) is 2.67. The third-order valence-corrected chi connectivity index (χ3v) is 6.39. The minimum atomic E-state index is -0.603. The van der Waals surface area contributed by atoms with Crippen LogP contribution in [0.15, 0.2) is 60.7 Å². The van der Waals surface area contributed by atoms with Crippen LogP contribution in [-0.2, 0) is 17.8 Å². The van der Waals surface area contributed by atoms with Crippen LogP contribution in [0.2, 0.25) is 10.0 Å². The summed E-state index contributed by atoms with van der Waals surface area (Å²) >= 11 is 12.0. The van der Waals surface area contributed by atoms with Crippen LogP contribution >= 0.6 is 23.2 Å². The maximum absolute atomic E-state index is 12.9. The van der Waals surface area contributed by atoms with Gasteiger partial charge < -0.3 is 19.7 Å². The van der Waals surface area contributed by atoms with E-state index in [1.807, 2.05) is 30.3 Å². The highest BCUT2D eigenvalue weighted by Gasteiger charge is 2.28. The van der Waals surface area contributed by atoms with E-state index in [0.29, 0.717) is 46.6 Å². The Kier molecular flexibility index (Phi) is 7.29. The van der Waals surface area contributed by atoms with Gasteiger partial charge in [-0.1, -0.05) is 35.3 Å². The third-order valence-electron chi connectivity index (χ3n) is 5.65. The summed E-state index contributed by atoms with van der Waals surface area (Å²) in [5, 5.41) is 3.56. The summed E-state index contributed by atoms with van der Waals surface area (Å²) in [6.07, 6.45) is 0.0969. The second-order valence-electron chi connectivity index (χ2n) is 8.02. The summed E-state index contributed by atoms with van der Waals surface area (Å²) < 4.78 is 11.1. The van der Waals surface area contributed by atoms with Crippen molar-refractivity contribution in [3.05, 3.63) is 87.4 Å². The number of hydrogen-bond acceptors (Lipinski definition) is 4. The van der Waals surface area contributed by atoms with Crippen LogP contribution in [0.1, 0.15) is 28.4 Å². The van der Waals surface area contributed by atoms with E-state index in [4.69, 9.17) is 32.7 Å². The molecule has 1 atom stereocenters. The fraction of sp³-hybridized carbons (Fsp3) is 0.231. The van der Waals surface area contributed by atoms with E-state index in [0.717, 1.165) is 16.9 Å². The summed E-state index contributed by atoms with van der Waals surface area (Å²) in [5.41, 5.74) is 2.91. The largest absolute Gasteiger partial charge is 0.497 e. The molecule has 0 bridgehead atoms. The molecule has 4 rings (SSSR count). The van der Waals surface area contributed by atoms with Crippen molar-refractivity contribution in [3.8, 4) is 11.5 Å². The van der Waals surface area contributed by atoms with Crippen LogP contribution in [0.5, 0.6) is 11.5 Å². The SMILES string of the molecule is COc1ccc(CCN2Cc3cc(NC(=O)c4ccc(Cl)c(Cl)c4)ccc3O[C@H](C)C2=O)cc1. The number of methoxy groups -OCH3 is 1. The molecular formula is C26H24Cl2N2O4. The summed E-state index contributed by atoms with van der Waals surface area (Å²) in [6, 6.07) is 17.9. The quantitative estimate of drug-likeness (QED) is 0.479. The van der Waals surface area contributed by atoms with Gasteiger partial charge in [-0.25, -0.2) is 0 Å². The molecule has 0 saturated heterocycles. The first-order valence-corrected chi connectivity index (χ1v) is 11.6. The van der Waals surface area contributed by atoms with Crippen LogP contribution in [0.25, 0.3) is 0 Å². The van der Waals surface area contributed by atoms with E-state index in [9.17, 15) is 9.59 Å². The predicted molar refractivity (Wildman–Crippen MR) is 133 cm³/mol. The van der Waals surface area contributed by atoms with Crippen LogP contribution in [-0.4, -0.2) is 36.5 Å². The van der Waals surface area contributed by atoms with E-state index >= 15 is 0 Å². The maximum atomic E-state index is 12.9. The molecule has 0 aromatic heterocycles. The van der Waals surface area contributed by atoms with Crippen molar-refractivity contribution in [3.63, 3.8) is 0 Å². The van der Waals surface area contributed by atoms with Gasteiger partial charge in [0.15, 0.2) is 6.10 Å². The van der Waals surface area contributed by atoms with Crippen molar-refractivity contribution < 1.29 is 19.1 Å². The van der Waals surface area contributed by atoms with Gasteiger partial charge in [0, 0.05) is 29.9 Å². The summed E-state index contributed by atoms with van der Waals surface area (Å²) in [7, 11) is 1.63. The lowest BCUT2D eigenvalue weighted by molar-refractivity contribution is -0.137. The lowest BCUT2D eigenvalue weighted by atomic mass is 10.1. The van der Waals surface area contributed by atoms with Crippen molar-refractivity contribution in [2.45, 2.75) is 26.0 Å². The fourth-order valence-electron chi connectivity index (χ4n) is 3.76. The zero-order chi connectivity index (χ0) is 24.2. The number of carbonyl (C=O) groups is 2. The van der Waals surface area contributed by atoms with Crippen molar-refractivity contribution in [1.29, 1.82) is 0 Å². The minimum absolute atomic E-state index is 0.0777. The molecule has 1 N–H and O–H groups in total. The number of rotatable bonds is 6. The minimum Gasteiger partial charge on any atom is -0.497 e. The molecule has 0 aliphatic carbocycles. The zero-order valence-corrected chi connectivity index (χ0v) is 20.3. The van der Waals surface area contributed by atoms with Gasteiger partial charge in [-0.3, -0.25) is 9.59 Å². The normalized spacial score (nSPS) is 15.2. The Labute approximate surface area is 208 Å². The Bertz CT molecular complexity index is 1210. The number of halogens is 2. The van der Waals surface area contributed by atoms with Crippen molar-refractivity contribution in [1.82, 2.24) is 4.90 Å². The molecule has 6 nitrogen and oxygen atoms in total. The summed E-state index contributed by atoms with van der Waals surface area (Å²) in [5.74, 6) is 1.03. The molecule has 34 heavy (non-hydrogen) atoms. The highest BCUT2D eigenvalue weighted by Crippen LogP contribution is 2.29. The molecule has 8 heteroatoms. The number of carbonyl (C=O) groups excluding carboxylic acids is 2. The topological polar surface area (TPSA) is 67.9 Å². The number of anilines is 1. The van der Waals surface area contributed by atoms with Gasteiger partial charge in [0.2, 0.25) is 0 Å². The highest BCUT2D eigenvalue weighted by molar-refractivity contribution is 6.42. The number of fused-ring (bicyclic) bond motifs is 1. The number of amides is 2. The molecule has 0 saturated carbocycles. The third kappa shape index (κ3) is 5.46. The molecule has 0 radical (unpaired) electrons. The Hall–Kier alpha value is -3.22. The van der Waals surface area contributed by atoms with Crippen molar-refractivity contribution in [2.75, 3.05) is 19.0 Å². The van der Waals surface area contributed by atoms with E-state index in [1.165, 1.54) is 6.07 Å². The maximum Gasteiger partial charge on any atom is 0.263 e. The second-order valence-corrected chi connectivity index (χ2v) is 8.84. The van der Waals surface area contributed by atoms with E-state index < -0.39 is 6.10 Å². The second kappa shape index (κ2) is 10.4. The van der Waals surface area contributed by atoms with Crippen LogP contribution in [0.4, 0.5) is 5.69 Å². The van der Waals surface area contributed by atoms with E-state index in [1.54, 1.807) is 43.2 Å². The number of hydrogen-bond donors (Lipinski definition) is 1. The zero-order valence-electron chi connectivity index (χ0n) is 18.8. The molecule has 3 aromatic carbocycles. The van der Waals surface area contributed by atoms with Crippen LogP contribution < -0.4 is 14.8 Å². The lowest BCUT2D eigenvalue weighted by Crippen LogP contribution is -2.39. The monoisotopic (exact) mass is 498 g/mol. The Morgan fingerprint density at radius 2 is 1.85 bits per heavy atom. The first-order chi connectivity index (χ1) is 16.3. The molecule has 1 heterocycles. The van der Waals surface area contributed by atoms with Gasteiger partial charge in [-0.05, 0) is 67.4 Å². The average Bonchev–Trinajstić information content (AvgIpc) is 2.95. The number of ether oxygens (including phenoxy) is 2. The molecule has 0 spiro atoms. The van der Waals surface area contributed by atoms with Gasteiger partial charge in [-0.15, -0.1) is 0 Å². The summed E-state index contributed by atoms with van der Waals surface area (Å²) in [4.78, 5) is 27.4. The van der Waals surface area contributed by atoms with Crippen molar-refractivity contribution >= 4 is 40.7 Å². The molecule has 2 amide bonds. The van der Waals surface area contributed by atoms with Crippen molar-refractivity contribution in [2.24, 2.45) is 0 Å². The Balaban J connectivity index is 1.49. The predicted octanol–water partition coefficient (Wildman–Crippen LogP) is 5.61. The average molecular weight is 499 g/mol. The fourth-order valence-corrected chi connectivity index (χ4v) is 4.06. The number of benzene rings is 3. The number of nitrogens with one attached hydrogen (secondary N) is 1. The number of nitrogens with zero attached hydrogens (tertiary/aromatic N) is 1. The molecule has 176 valence electrons. The van der Waals surface area contributed by atoms with E-state index in [2.05, 4.69) is 5.32 Å². The Morgan fingerprint density at radius 3 is 2.56 bits per heavy atom. The first kappa shape index (κ1) is 23.9. The Morgan fingerprint density at radius 1 is 1.09 bits per heavy atom. The first-order valence-electron chi connectivity index (χ1n) is 10.8. The molecule has 3 aromatic rings. The van der Waals surface area contributed by atoms with Crippen LogP contribution in [0, 0.1) is 0 Å². The standard InChI is InChI=1S/C26H24Cl2N2O4/c1-16-26(32)30(12-11-17-3-7-21(33-2)8-4-17)15-19-13-20(6-10-24(19)34-16)29-25(31)18-5-9-22(27)23(28)14-18/h3-10,13-14,16H,11-12,15H2,1-2H3,(H,29,31)/t16-/m1/s1. The van der Waals surface area contributed by atoms with E-state index in [-0.39, 0.29) is 11.8 Å². The van der Waals surface area contributed by atoms with Gasteiger partial charge in [0.05, 0.1) is 17.2 Å². The van der Waals surface area contributed by atoms with Gasteiger partial charge in [-0.2, -0.15) is 0 Å². The van der Waals surface area contributed by atoms with Gasteiger partial charge in [0.1, 0.15) is 11.5 Å². The molecule has 1 aliphatic heterocycles. The lowest BCUT2D eigenvalue weighted by Gasteiger charge is -2.22. The molecule has 0 unspecified atom stereocenters. The highest BCUT2D eigenvalue weighted by atomic mass is 35.5. The molecule has 1 aliphatic rings. The molecular weight excluding hydrogens is 475 g/mol. The molecule has 0 fully saturated rings. The van der Waals surface area contributed by atoms with Gasteiger partial charge in [0.25, 0.3) is 11.8 Å². The van der Waals surface area contributed by atoms with Crippen LogP contribution in [0.3, 0.4) is 0 Å². The smallest absolute Gasteiger partial charge is 0.263 e.